The number of carbonyl (C=O) groups excluding carboxylic acids is 1. The minimum absolute atomic E-state index is 0.0288. The first-order chi connectivity index (χ1) is 10.9. The fraction of sp³-hybridized carbons (Fsp3) is 0.438. The van der Waals surface area contributed by atoms with Gasteiger partial charge in [-0.25, -0.2) is 0 Å². The number of hydrogen-bond acceptors (Lipinski definition) is 4. The lowest BCUT2D eigenvalue weighted by Gasteiger charge is -2.32. The van der Waals surface area contributed by atoms with E-state index in [1.54, 1.807) is 0 Å². The molecule has 0 radical (unpaired) electrons. The third-order valence-corrected chi connectivity index (χ3v) is 4.13. The highest BCUT2D eigenvalue weighted by Gasteiger charge is 2.22. The van der Waals surface area contributed by atoms with Gasteiger partial charge in [0, 0.05) is 37.3 Å². The van der Waals surface area contributed by atoms with E-state index in [9.17, 15) is 14.9 Å². The van der Waals surface area contributed by atoms with Gasteiger partial charge in [-0.3, -0.25) is 19.8 Å². The molecule has 1 fully saturated rings. The molecule has 1 aromatic carbocycles. The van der Waals surface area contributed by atoms with E-state index in [1.165, 1.54) is 18.2 Å². The number of likely N-dealkylation sites (tertiary alicyclic amines) is 1. The fourth-order valence-electron chi connectivity index (χ4n) is 2.68. The first-order valence-corrected chi connectivity index (χ1v) is 7.86. The zero-order chi connectivity index (χ0) is 17.0. The van der Waals surface area contributed by atoms with Crippen molar-refractivity contribution in [2.75, 3.05) is 19.6 Å². The molecular weight excluding hydrogens is 318 g/mol. The topological polar surface area (TPSA) is 75.5 Å². The predicted octanol–water partition coefficient (Wildman–Crippen LogP) is 3.02. The highest BCUT2D eigenvalue weighted by Crippen LogP contribution is 2.25. The maximum atomic E-state index is 12.2. The molecule has 0 saturated carbocycles. The second kappa shape index (κ2) is 7.57. The van der Waals surface area contributed by atoms with Crippen molar-refractivity contribution >= 4 is 23.2 Å². The average Bonchev–Trinajstić information content (AvgIpc) is 2.48. The van der Waals surface area contributed by atoms with Gasteiger partial charge in [0.05, 0.1) is 4.92 Å². The van der Waals surface area contributed by atoms with Gasteiger partial charge in [-0.1, -0.05) is 23.8 Å². The molecule has 0 unspecified atom stereocenters. The Kier molecular flexibility index (Phi) is 5.74. The zero-order valence-corrected chi connectivity index (χ0v) is 13.8. The molecule has 1 N–H and O–H groups in total. The summed E-state index contributed by atoms with van der Waals surface area (Å²) in [4.78, 5) is 24.7. The summed E-state index contributed by atoms with van der Waals surface area (Å²) in [5.74, 6) is -0.250. The van der Waals surface area contributed by atoms with Crippen LogP contribution < -0.4 is 5.32 Å². The van der Waals surface area contributed by atoms with E-state index in [0.29, 0.717) is 5.56 Å². The molecule has 0 aliphatic carbocycles. The molecule has 6 nitrogen and oxygen atoms in total. The third-order valence-electron chi connectivity index (χ3n) is 3.82. The SMILES string of the molecule is C=C(C)CN1CCC(NC(=O)c2ccc([N+](=O)[O-])c(Cl)c2)CC1. The van der Waals surface area contributed by atoms with E-state index in [-0.39, 0.29) is 22.7 Å². The second-order valence-corrected chi connectivity index (χ2v) is 6.31. The highest BCUT2D eigenvalue weighted by molar-refractivity contribution is 6.33. The summed E-state index contributed by atoms with van der Waals surface area (Å²) in [6.07, 6.45) is 1.75. The van der Waals surface area contributed by atoms with Gasteiger partial charge in [0.25, 0.3) is 11.6 Å². The molecule has 0 spiro atoms. The lowest BCUT2D eigenvalue weighted by Crippen LogP contribution is -2.44. The summed E-state index contributed by atoms with van der Waals surface area (Å²) in [5.41, 5.74) is 1.27. The van der Waals surface area contributed by atoms with Gasteiger partial charge in [-0.2, -0.15) is 0 Å². The first-order valence-electron chi connectivity index (χ1n) is 7.48. The summed E-state index contributed by atoms with van der Waals surface area (Å²) in [6, 6.07) is 4.13. The number of carbonyl (C=O) groups is 1. The normalized spacial score (nSPS) is 16.1. The van der Waals surface area contributed by atoms with Crippen LogP contribution in [0.15, 0.2) is 30.4 Å². The Morgan fingerprint density at radius 2 is 2.13 bits per heavy atom. The van der Waals surface area contributed by atoms with Crippen molar-refractivity contribution in [1.29, 1.82) is 0 Å². The van der Waals surface area contributed by atoms with E-state index in [4.69, 9.17) is 11.6 Å². The molecule has 1 saturated heterocycles. The van der Waals surface area contributed by atoms with E-state index in [2.05, 4.69) is 16.8 Å². The number of nitro groups is 1. The van der Waals surface area contributed by atoms with E-state index in [0.717, 1.165) is 38.0 Å². The third kappa shape index (κ3) is 4.77. The number of nitrogens with one attached hydrogen (secondary N) is 1. The molecule has 23 heavy (non-hydrogen) atoms. The van der Waals surface area contributed by atoms with Crippen LogP contribution >= 0.6 is 11.6 Å². The van der Waals surface area contributed by atoms with Crippen LogP contribution in [0.3, 0.4) is 0 Å². The number of halogens is 1. The van der Waals surface area contributed by atoms with Crippen molar-refractivity contribution in [2.45, 2.75) is 25.8 Å². The van der Waals surface area contributed by atoms with Crippen LogP contribution in [0, 0.1) is 10.1 Å². The van der Waals surface area contributed by atoms with Crippen LogP contribution in [0.5, 0.6) is 0 Å². The second-order valence-electron chi connectivity index (χ2n) is 5.90. The van der Waals surface area contributed by atoms with Crippen molar-refractivity contribution in [1.82, 2.24) is 10.2 Å². The number of hydrogen-bond donors (Lipinski definition) is 1. The molecule has 0 aromatic heterocycles. The van der Waals surface area contributed by atoms with Gasteiger partial charge < -0.3 is 5.32 Å². The number of nitrogens with zero attached hydrogens (tertiary/aromatic N) is 2. The maximum absolute atomic E-state index is 12.2. The van der Waals surface area contributed by atoms with Crippen molar-refractivity contribution in [2.24, 2.45) is 0 Å². The predicted molar refractivity (Wildman–Crippen MR) is 89.8 cm³/mol. The van der Waals surface area contributed by atoms with Gasteiger partial charge in [-0.05, 0) is 31.9 Å². The molecule has 1 amide bonds. The van der Waals surface area contributed by atoms with Gasteiger partial charge in [-0.15, -0.1) is 0 Å². The Morgan fingerprint density at radius 1 is 1.48 bits per heavy atom. The molecular formula is C16H20ClN3O3. The minimum Gasteiger partial charge on any atom is -0.349 e. The molecule has 0 bridgehead atoms. The Labute approximate surface area is 140 Å². The Bertz CT molecular complexity index is 625. The molecule has 0 atom stereocenters. The quantitative estimate of drug-likeness (QED) is 0.509. The largest absolute Gasteiger partial charge is 0.349 e. The number of nitro benzene ring substituents is 1. The molecule has 1 aromatic rings. The summed E-state index contributed by atoms with van der Waals surface area (Å²) in [6.45, 7) is 8.64. The minimum atomic E-state index is -0.568. The standard InChI is InChI=1S/C16H20ClN3O3/c1-11(2)10-19-7-5-13(6-8-19)18-16(21)12-3-4-15(20(22)23)14(17)9-12/h3-4,9,13H,1,5-8,10H2,2H3,(H,18,21). The zero-order valence-electron chi connectivity index (χ0n) is 13.0. The van der Waals surface area contributed by atoms with Crippen molar-refractivity contribution in [3.8, 4) is 0 Å². The summed E-state index contributed by atoms with van der Waals surface area (Å²) >= 11 is 5.84. The molecule has 1 aliphatic rings. The number of rotatable bonds is 5. The highest BCUT2D eigenvalue weighted by atomic mass is 35.5. The molecule has 1 heterocycles. The van der Waals surface area contributed by atoms with Crippen LogP contribution in [-0.4, -0.2) is 41.4 Å². The van der Waals surface area contributed by atoms with E-state index < -0.39 is 4.92 Å². The summed E-state index contributed by atoms with van der Waals surface area (Å²) < 4.78 is 0. The number of benzene rings is 1. The smallest absolute Gasteiger partial charge is 0.287 e. The van der Waals surface area contributed by atoms with Gasteiger partial charge in [0.2, 0.25) is 0 Å². The van der Waals surface area contributed by atoms with Crippen molar-refractivity contribution in [3.05, 3.63) is 51.1 Å². The first kappa shape index (κ1) is 17.4. The summed E-state index contributed by atoms with van der Waals surface area (Å²) in [7, 11) is 0. The Morgan fingerprint density at radius 3 is 2.65 bits per heavy atom. The number of amides is 1. The average molecular weight is 338 g/mol. The molecule has 124 valence electrons. The fourth-order valence-corrected chi connectivity index (χ4v) is 2.93. The lowest BCUT2D eigenvalue weighted by molar-refractivity contribution is -0.384. The number of piperidine rings is 1. The Balaban J connectivity index is 1.92. The van der Waals surface area contributed by atoms with Gasteiger partial charge in [0.15, 0.2) is 0 Å². The van der Waals surface area contributed by atoms with Crippen LogP contribution in [0.4, 0.5) is 5.69 Å². The molecule has 7 heteroatoms. The van der Waals surface area contributed by atoms with Crippen LogP contribution in [-0.2, 0) is 0 Å². The maximum Gasteiger partial charge on any atom is 0.287 e. The van der Waals surface area contributed by atoms with E-state index >= 15 is 0 Å². The van der Waals surface area contributed by atoms with Crippen LogP contribution in [0.25, 0.3) is 0 Å². The van der Waals surface area contributed by atoms with Gasteiger partial charge in [0.1, 0.15) is 5.02 Å². The lowest BCUT2D eigenvalue weighted by atomic mass is 10.0. The summed E-state index contributed by atoms with van der Waals surface area (Å²) in [5, 5.41) is 13.7. The Hall–Kier alpha value is -1.92. The van der Waals surface area contributed by atoms with Crippen molar-refractivity contribution < 1.29 is 9.72 Å². The van der Waals surface area contributed by atoms with Crippen LogP contribution in [0.2, 0.25) is 5.02 Å². The van der Waals surface area contributed by atoms with E-state index in [1.807, 2.05) is 6.92 Å². The van der Waals surface area contributed by atoms with Gasteiger partial charge >= 0.3 is 0 Å². The monoisotopic (exact) mass is 337 g/mol. The van der Waals surface area contributed by atoms with Crippen LogP contribution in [0.1, 0.15) is 30.1 Å². The van der Waals surface area contributed by atoms with Crippen molar-refractivity contribution in [3.63, 3.8) is 0 Å². The molecule has 1 aliphatic heterocycles. The molecule has 2 rings (SSSR count).